The van der Waals surface area contributed by atoms with Crippen LogP contribution < -0.4 is 5.32 Å². The Morgan fingerprint density at radius 1 is 1.16 bits per heavy atom. The quantitative estimate of drug-likeness (QED) is 0.912. The second-order valence-corrected chi connectivity index (χ2v) is 7.44. The third-order valence-electron chi connectivity index (χ3n) is 4.73. The van der Waals surface area contributed by atoms with Crippen molar-refractivity contribution >= 4 is 23.3 Å². The van der Waals surface area contributed by atoms with E-state index in [4.69, 9.17) is 0 Å². The zero-order chi connectivity index (χ0) is 17.2. The fourth-order valence-electron chi connectivity index (χ4n) is 3.18. The van der Waals surface area contributed by atoms with Gasteiger partial charge in [-0.05, 0) is 42.8 Å². The summed E-state index contributed by atoms with van der Waals surface area (Å²) in [6.45, 7) is 1.13. The third kappa shape index (κ3) is 3.56. The number of piperidine rings is 1. The van der Waals surface area contributed by atoms with Crippen LogP contribution in [0.2, 0.25) is 0 Å². The Hall–Kier alpha value is -2.28. The molecule has 6 nitrogen and oxygen atoms in total. The van der Waals surface area contributed by atoms with Gasteiger partial charge in [-0.3, -0.25) is 9.59 Å². The van der Waals surface area contributed by atoms with Crippen LogP contribution in [0.5, 0.6) is 0 Å². The fraction of sp³-hybridized carbons (Fsp3) is 0.444. The maximum atomic E-state index is 13.0. The van der Waals surface area contributed by atoms with Crippen molar-refractivity contribution in [3.63, 3.8) is 0 Å². The Kier molecular flexibility index (Phi) is 4.48. The van der Waals surface area contributed by atoms with E-state index in [1.807, 2.05) is 30.3 Å². The lowest BCUT2D eigenvalue weighted by Gasteiger charge is -2.31. The van der Waals surface area contributed by atoms with E-state index in [0.717, 1.165) is 36.1 Å². The van der Waals surface area contributed by atoms with E-state index in [-0.39, 0.29) is 17.7 Å². The molecule has 1 aliphatic heterocycles. The van der Waals surface area contributed by atoms with E-state index in [1.54, 1.807) is 4.90 Å². The molecule has 1 aromatic heterocycles. The second-order valence-electron chi connectivity index (χ2n) is 6.69. The number of likely N-dealkylation sites (tertiary alicyclic amines) is 1. The second kappa shape index (κ2) is 6.92. The van der Waals surface area contributed by atoms with Crippen molar-refractivity contribution in [2.24, 2.45) is 5.92 Å². The monoisotopic (exact) mass is 356 g/mol. The Morgan fingerprint density at radius 3 is 2.72 bits per heavy atom. The molecule has 0 unspecified atom stereocenters. The summed E-state index contributed by atoms with van der Waals surface area (Å²) in [6.07, 6.45) is 3.83. The third-order valence-corrected chi connectivity index (χ3v) is 5.50. The van der Waals surface area contributed by atoms with Crippen molar-refractivity contribution in [1.82, 2.24) is 19.8 Å². The van der Waals surface area contributed by atoms with Crippen LogP contribution in [0.15, 0.2) is 30.3 Å². The summed E-state index contributed by atoms with van der Waals surface area (Å²) < 4.78 is 3.98. The lowest BCUT2D eigenvalue weighted by molar-refractivity contribution is -0.126. The van der Waals surface area contributed by atoms with Gasteiger partial charge in [0.2, 0.25) is 5.91 Å². The van der Waals surface area contributed by atoms with Gasteiger partial charge in [-0.1, -0.05) is 34.8 Å². The van der Waals surface area contributed by atoms with Gasteiger partial charge in [0, 0.05) is 19.1 Å². The summed E-state index contributed by atoms with van der Waals surface area (Å²) in [5.74, 6) is -0.165. The molecule has 4 rings (SSSR count). The van der Waals surface area contributed by atoms with Gasteiger partial charge >= 0.3 is 0 Å². The molecule has 1 aliphatic carbocycles. The molecule has 2 amide bonds. The normalized spacial score (nSPS) is 20.3. The van der Waals surface area contributed by atoms with Gasteiger partial charge < -0.3 is 10.2 Å². The molecule has 1 N–H and O–H groups in total. The summed E-state index contributed by atoms with van der Waals surface area (Å²) >= 11 is 1.23. The fourth-order valence-corrected chi connectivity index (χ4v) is 3.84. The zero-order valence-corrected chi connectivity index (χ0v) is 14.7. The van der Waals surface area contributed by atoms with Crippen molar-refractivity contribution in [2.75, 3.05) is 13.1 Å². The highest BCUT2D eigenvalue weighted by Gasteiger charge is 2.33. The van der Waals surface area contributed by atoms with Crippen LogP contribution in [0.3, 0.4) is 0 Å². The molecule has 0 radical (unpaired) electrons. The highest BCUT2D eigenvalue weighted by Crippen LogP contribution is 2.28. The van der Waals surface area contributed by atoms with Crippen molar-refractivity contribution in [3.8, 4) is 10.4 Å². The minimum atomic E-state index is -0.128. The van der Waals surface area contributed by atoms with Gasteiger partial charge in [0.25, 0.3) is 5.91 Å². The first-order valence-electron chi connectivity index (χ1n) is 8.70. The number of nitrogens with one attached hydrogen (secondary N) is 1. The van der Waals surface area contributed by atoms with Crippen LogP contribution in [-0.4, -0.2) is 45.4 Å². The van der Waals surface area contributed by atoms with E-state index < -0.39 is 0 Å². The molecule has 2 aromatic rings. The average Bonchev–Trinajstić information content (AvgIpc) is 3.34. The van der Waals surface area contributed by atoms with Crippen LogP contribution in [-0.2, 0) is 4.79 Å². The molecule has 0 bridgehead atoms. The van der Waals surface area contributed by atoms with E-state index in [1.165, 1.54) is 11.5 Å². The molecule has 2 aliphatic rings. The van der Waals surface area contributed by atoms with Gasteiger partial charge in [0.15, 0.2) is 5.69 Å². The molecule has 1 saturated carbocycles. The molecule has 1 saturated heterocycles. The van der Waals surface area contributed by atoms with Gasteiger partial charge in [-0.2, -0.15) is 0 Å². The van der Waals surface area contributed by atoms with Crippen molar-refractivity contribution in [2.45, 2.75) is 31.7 Å². The van der Waals surface area contributed by atoms with Gasteiger partial charge in [0.1, 0.15) is 0 Å². The topological polar surface area (TPSA) is 75.2 Å². The standard InChI is InChI=1S/C18H20N4O2S/c23-17(19-14-8-9-14)13-7-4-10-22(11-13)18(24)15-16(25-21-20-15)12-5-2-1-3-6-12/h1-3,5-6,13-14H,4,7-11H2,(H,19,23)/t13-/m0/s1. The van der Waals surface area contributed by atoms with E-state index in [9.17, 15) is 9.59 Å². The number of hydrogen-bond donors (Lipinski definition) is 1. The minimum absolute atomic E-state index is 0.0830. The maximum absolute atomic E-state index is 13.0. The van der Waals surface area contributed by atoms with Crippen LogP contribution in [0.4, 0.5) is 0 Å². The Bertz CT molecular complexity index is 772. The van der Waals surface area contributed by atoms with E-state index >= 15 is 0 Å². The summed E-state index contributed by atoms with van der Waals surface area (Å²) in [4.78, 5) is 27.8. The number of hydrogen-bond acceptors (Lipinski definition) is 5. The number of nitrogens with zero attached hydrogens (tertiary/aromatic N) is 3. The largest absolute Gasteiger partial charge is 0.353 e. The minimum Gasteiger partial charge on any atom is -0.353 e. The number of rotatable bonds is 4. The van der Waals surface area contributed by atoms with Gasteiger partial charge in [0.05, 0.1) is 10.8 Å². The Balaban J connectivity index is 1.49. The lowest BCUT2D eigenvalue weighted by atomic mass is 9.96. The first-order chi connectivity index (χ1) is 12.2. The number of aromatic nitrogens is 2. The van der Waals surface area contributed by atoms with E-state index in [0.29, 0.717) is 24.8 Å². The van der Waals surface area contributed by atoms with Crippen LogP contribution in [0, 0.1) is 5.92 Å². The molecule has 2 heterocycles. The average molecular weight is 356 g/mol. The van der Waals surface area contributed by atoms with Crippen molar-refractivity contribution < 1.29 is 9.59 Å². The predicted octanol–water partition coefficient (Wildman–Crippen LogP) is 2.34. The molecule has 0 spiro atoms. The maximum Gasteiger partial charge on any atom is 0.275 e. The number of amides is 2. The molecule has 25 heavy (non-hydrogen) atoms. The lowest BCUT2D eigenvalue weighted by Crippen LogP contribution is -2.46. The molecule has 1 aromatic carbocycles. The summed E-state index contributed by atoms with van der Waals surface area (Å²) in [5.41, 5.74) is 1.33. The molecule has 7 heteroatoms. The van der Waals surface area contributed by atoms with Crippen LogP contribution in [0.1, 0.15) is 36.2 Å². The summed E-state index contributed by atoms with van der Waals surface area (Å²) in [6, 6.07) is 10.1. The molecule has 2 fully saturated rings. The summed E-state index contributed by atoms with van der Waals surface area (Å²) in [7, 11) is 0. The molecular weight excluding hydrogens is 336 g/mol. The Labute approximate surface area is 150 Å². The van der Waals surface area contributed by atoms with Gasteiger partial charge in [-0.15, -0.1) is 5.10 Å². The van der Waals surface area contributed by atoms with Crippen LogP contribution in [0.25, 0.3) is 10.4 Å². The Morgan fingerprint density at radius 2 is 1.96 bits per heavy atom. The smallest absolute Gasteiger partial charge is 0.275 e. The van der Waals surface area contributed by atoms with E-state index in [2.05, 4.69) is 14.9 Å². The number of benzene rings is 1. The first-order valence-corrected chi connectivity index (χ1v) is 9.47. The van der Waals surface area contributed by atoms with Crippen LogP contribution >= 0.6 is 11.5 Å². The predicted molar refractivity (Wildman–Crippen MR) is 95.1 cm³/mol. The molecule has 1 atom stereocenters. The number of carbonyl (C=O) groups is 2. The van der Waals surface area contributed by atoms with Crippen molar-refractivity contribution in [3.05, 3.63) is 36.0 Å². The highest BCUT2D eigenvalue weighted by atomic mass is 32.1. The molecule has 130 valence electrons. The SMILES string of the molecule is O=C(NC1CC1)[C@H]1CCCN(C(=O)c2nnsc2-c2ccccc2)C1. The zero-order valence-electron chi connectivity index (χ0n) is 13.9. The first kappa shape index (κ1) is 16.2. The summed E-state index contributed by atoms with van der Waals surface area (Å²) in [5, 5.41) is 7.12. The van der Waals surface area contributed by atoms with Crippen molar-refractivity contribution in [1.29, 1.82) is 0 Å². The highest BCUT2D eigenvalue weighted by molar-refractivity contribution is 7.09. The molecular formula is C18H20N4O2S. The number of carbonyl (C=O) groups excluding carboxylic acids is 2. The van der Waals surface area contributed by atoms with Gasteiger partial charge in [-0.25, -0.2) is 0 Å².